The minimum atomic E-state index is -0.135. The maximum absolute atomic E-state index is 10.2. The van der Waals surface area contributed by atoms with Gasteiger partial charge in [0.15, 0.2) is 5.75 Å². The van der Waals surface area contributed by atoms with E-state index < -0.39 is 0 Å². The van der Waals surface area contributed by atoms with Crippen molar-refractivity contribution in [2.75, 3.05) is 0 Å². The van der Waals surface area contributed by atoms with Crippen LogP contribution in [0.3, 0.4) is 0 Å². The Morgan fingerprint density at radius 3 is 2.33 bits per heavy atom. The maximum atomic E-state index is 10.2. The zero-order valence-corrected chi connectivity index (χ0v) is 11.7. The zero-order valence-electron chi connectivity index (χ0n) is 11.7. The molecule has 1 aromatic heterocycles. The van der Waals surface area contributed by atoms with Crippen molar-refractivity contribution in [3.63, 3.8) is 0 Å². The Labute approximate surface area is 108 Å². The molecule has 0 saturated carbocycles. The van der Waals surface area contributed by atoms with Crippen LogP contribution in [-0.4, -0.2) is 14.9 Å². The predicted molar refractivity (Wildman–Crippen MR) is 73.8 cm³/mol. The molecule has 2 rings (SSSR count). The second-order valence-corrected chi connectivity index (χ2v) is 5.73. The van der Waals surface area contributed by atoms with Gasteiger partial charge in [-0.2, -0.15) is 5.10 Å². The Balaban J connectivity index is 2.60. The second-order valence-electron chi connectivity index (χ2n) is 5.73. The highest BCUT2D eigenvalue weighted by Gasteiger charge is 2.22. The highest BCUT2D eigenvalue weighted by Crippen LogP contribution is 2.33. The molecule has 0 saturated heterocycles. The molecule has 2 aromatic rings. The molecule has 0 spiro atoms. The molecule has 0 amide bonds. The normalized spacial score (nSPS) is 11.8. The molecule has 1 aromatic carbocycles. The van der Waals surface area contributed by atoms with Crippen LogP contribution in [-0.2, 0) is 5.54 Å². The summed E-state index contributed by atoms with van der Waals surface area (Å²) in [5.74, 6) is 0.274. The molecule has 0 aliphatic carbocycles. The third kappa shape index (κ3) is 2.13. The van der Waals surface area contributed by atoms with Gasteiger partial charge in [0.05, 0.1) is 11.2 Å². The molecule has 18 heavy (non-hydrogen) atoms. The Kier molecular flexibility index (Phi) is 2.93. The van der Waals surface area contributed by atoms with Crippen molar-refractivity contribution in [2.24, 2.45) is 0 Å². The summed E-state index contributed by atoms with van der Waals surface area (Å²) in [5.41, 5.74) is 3.45. The molecule has 0 aliphatic rings. The topological polar surface area (TPSA) is 38.0 Å². The van der Waals surface area contributed by atoms with Gasteiger partial charge in [-0.05, 0) is 40.7 Å². The van der Waals surface area contributed by atoms with E-state index in [1.807, 2.05) is 42.8 Å². The summed E-state index contributed by atoms with van der Waals surface area (Å²) in [6.07, 6.45) is 0. The van der Waals surface area contributed by atoms with Crippen molar-refractivity contribution in [2.45, 2.75) is 40.2 Å². The van der Waals surface area contributed by atoms with E-state index in [4.69, 9.17) is 0 Å². The Morgan fingerprint density at radius 2 is 1.83 bits per heavy atom. The van der Waals surface area contributed by atoms with Gasteiger partial charge >= 0.3 is 0 Å². The van der Waals surface area contributed by atoms with E-state index in [0.29, 0.717) is 5.69 Å². The molecule has 96 valence electrons. The van der Waals surface area contributed by atoms with E-state index >= 15 is 0 Å². The van der Waals surface area contributed by atoms with Gasteiger partial charge in [-0.25, -0.2) is 0 Å². The predicted octanol–water partition coefficient (Wildman–Crippen LogP) is 3.63. The first-order chi connectivity index (χ1) is 8.30. The molecule has 3 heteroatoms. The quantitative estimate of drug-likeness (QED) is 0.832. The van der Waals surface area contributed by atoms with Crippen molar-refractivity contribution in [1.82, 2.24) is 9.78 Å². The average Bonchev–Trinajstić information content (AvgIpc) is 2.55. The van der Waals surface area contributed by atoms with Crippen LogP contribution in [0.4, 0.5) is 0 Å². The maximum Gasteiger partial charge on any atom is 0.164 e. The number of aryl methyl sites for hydroxylation is 1. The number of benzene rings is 1. The third-order valence-corrected chi connectivity index (χ3v) is 3.01. The SMILES string of the molecule is Cc1cccc(-c2nn(C(C)(C)C)c(C)c2O)c1. The van der Waals surface area contributed by atoms with E-state index in [1.54, 1.807) is 0 Å². The smallest absolute Gasteiger partial charge is 0.164 e. The Morgan fingerprint density at radius 1 is 1.17 bits per heavy atom. The Bertz CT molecular complexity index is 577. The first-order valence-corrected chi connectivity index (χ1v) is 6.17. The van der Waals surface area contributed by atoms with Crippen LogP contribution in [0, 0.1) is 13.8 Å². The fourth-order valence-corrected chi connectivity index (χ4v) is 2.13. The first-order valence-electron chi connectivity index (χ1n) is 6.17. The monoisotopic (exact) mass is 244 g/mol. The molecule has 0 radical (unpaired) electrons. The molecule has 0 fully saturated rings. The molecule has 0 bridgehead atoms. The van der Waals surface area contributed by atoms with Gasteiger partial charge in [0.2, 0.25) is 0 Å². The van der Waals surface area contributed by atoms with Crippen LogP contribution in [0.15, 0.2) is 24.3 Å². The number of hydrogen-bond acceptors (Lipinski definition) is 2. The lowest BCUT2D eigenvalue weighted by Crippen LogP contribution is -2.24. The number of rotatable bonds is 1. The van der Waals surface area contributed by atoms with Gasteiger partial charge in [-0.3, -0.25) is 4.68 Å². The van der Waals surface area contributed by atoms with E-state index in [1.165, 1.54) is 0 Å². The van der Waals surface area contributed by atoms with Crippen LogP contribution in [0.2, 0.25) is 0 Å². The van der Waals surface area contributed by atoms with Gasteiger partial charge < -0.3 is 5.11 Å². The van der Waals surface area contributed by atoms with Crippen LogP contribution in [0.5, 0.6) is 5.75 Å². The summed E-state index contributed by atoms with van der Waals surface area (Å²) in [6.45, 7) is 10.2. The summed E-state index contributed by atoms with van der Waals surface area (Å²) >= 11 is 0. The van der Waals surface area contributed by atoms with Crippen LogP contribution >= 0.6 is 0 Å². The van der Waals surface area contributed by atoms with E-state index in [2.05, 4.69) is 25.9 Å². The third-order valence-electron chi connectivity index (χ3n) is 3.01. The summed E-state index contributed by atoms with van der Waals surface area (Å²) in [5, 5.41) is 14.8. The van der Waals surface area contributed by atoms with Gasteiger partial charge in [-0.1, -0.05) is 23.8 Å². The minimum Gasteiger partial charge on any atom is -0.504 e. The van der Waals surface area contributed by atoms with Crippen LogP contribution in [0.1, 0.15) is 32.0 Å². The number of nitrogens with zero attached hydrogens (tertiary/aromatic N) is 2. The van der Waals surface area contributed by atoms with Crippen molar-refractivity contribution in [1.29, 1.82) is 0 Å². The molecule has 0 unspecified atom stereocenters. The number of aromatic nitrogens is 2. The average molecular weight is 244 g/mol. The Hall–Kier alpha value is -1.77. The molecule has 3 nitrogen and oxygen atoms in total. The van der Waals surface area contributed by atoms with Crippen molar-refractivity contribution in [3.8, 4) is 17.0 Å². The number of aromatic hydroxyl groups is 1. The first kappa shape index (κ1) is 12.7. The molecule has 0 aliphatic heterocycles. The lowest BCUT2D eigenvalue weighted by Gasteiger charge is -2.20. The highest BCUT2D eigenvalue weighted by atomic mass is 16.3. The van der Waals surface area contributed by atoms with Crippen LogP contribution < -0.4 is 0 Å². The lowest BCUT2D eigenvalue weighted by molar-refractivity contribution is 0.345. The fourth-order valence-electron chi connectivity index (χ4n) is 2.13. The van der Waals surface area contributed by atoms with Gasteiger partial charge in [-0.15, -0.1) is 0 Å². The molecule has 1 heterocycles. The highest BCUT2D eigenvalue weighted by molar-refractivity contribution is 5.67. The molecule has 0 atom stereocenters. The summed E-state index contributed by atoms with van der Waals surface area (Å²) in [6, 6.07) is 8.03. The van der Waals surface area contributed by atoms with Crippen molar-refractivity contribution >= 4 is 0 Å². The van der Waals surface area contributed by atoms with E-state index in [0.717, 1.165) is 16.8 Å². The van der Waals surface area contributed by atoms with Gasteiger partial charge in [0, 0.05) is 5.56 Å². The lowest BCUT2D eigenvalue weighted by atomic mass is 10.1. The molecule has 1 N–H and O–H groups in total. The molecular weight excluding hydrogens is 224 g/mol. The summed E-state index contributed by atoms with van der Waals surface area (Å²) in [4.78, 5) is 0. The largest absolute Gasteiger partial charge is 0.504 e. The van der Waals surface area contributed by atoms with Crippen molar-refractivity contribution in [3.05, 3.63) is 35.5 Å². The van der Waals surface area contributed by atoms with Gasteiger partial charge in [0.25, 0.3) is 0 Å². The summed E-state index contributed by atoms with van der Waals surface area (Å²) in [7, 11) is 0. The number of hydrogen-bond donors (Lipinski definition) is 1. The fraction of sp³-hybridized carbons (Fsp3) is 0.400. The van der Waals surface area contributed by atoms with Crippen molar-refractivity contribution < 1.29 is 5.11 Å². The molecular formula is C15H20N2O. The van der Waals surface area contributed by atoms with Crippen LogP contribution in [0.25, 0.3) is 11.3 Å². The zero-order chi connectivity index (χ0) is 13.5. The van der Waals surface area contributed by atoms with E-state index in [-0.39, 0.29) is 11.3 Å². The standard InChI is InChI=1S/C15H20N2O/c1-10-7-6-8-12(9-10)13-14(18)11(2)17(16-13)15(3,4)5/h6-9,18H,1-5H3. The van der Waals surface area contributed by atoms with Gasteiger partial charge in [0.1, 0.15) is 5.69 Å². The van der Waals surface area contributed by atoms with E-state index in [9.17, 15) is 5.11 Å². The minimum absolute atomic E-state index is 0.135. The summed E-state index contributed by atoms with van der Waals surface area (Å²) < 4.78 is 1.88. The second kappa shape index (κ2) is 4.16.